The number of nitrogens with zero attached hydrogens (tertiary/aromatic N) is 1. The van der Waals surface area contributed by atoms with Crippen LogP contribution >= 0.6 is 0 Å². The molecular formula is C13H14F3NO2. The lowest BCUT2D eigenvalue weighted by molar-refractivity contribution is -0.139. The molecule has 104 valence electrons. The molecule has 0 aliphatic rings. The van der Waals surface area contributed by atoms with Gasteiger partial charge in [0.1, 0.15) is 0 Å². The molecule has 0 aliphatic carbocycles. The molecule has 0 radical (unpaired) electrons. The number of aliphatic imine (C=N–C) groups is 1. The van der Waals surface area contributed by atoms with Gasteiger partial charge in [0.25, 0.3) is 0 Å². The summed E-state index contributed by atoms with van der Waals surface area (Å²) >= 11 is 0. The average molecular weight is 273 g/mol. The van der Waals surface area contributed by atoms with Crippen molar-refractivity contribution in [2.75, 3.05) is 6.61 Å². The van der Waals surface area contributed by atoms with Gasteiger partial charge in [0.2, 0.25) is 5.71 Å². The zero-order valence-electron chi connectivity index (χ0n) is 10.6. The van der Waals surface area contributed by atoms with Gasteiger partial charge in [0, 0.05) is 0 Å². The molecule has 0 aromatic heterocycles. The summed E-state index contributed by atoms with van der Waals surface area (Å²) in [6.07, 6.45) is -4.82. The molecule has 0 saturated heterocycles. The van der Waals surface area contributed by atoms with Crippen LogP contribution in [0.5, 0.6) is 0 Å². The molecule has 0 amide bonds. The Balaban J connectivity index is 3.04. The molecule has 0 bridgehead atoms. The van der Waals surface area contributed by atoms with E-state index in [-0.39, 0.29) is 6.61 Å². The van der Waals surface area contributed by atoms with Gasteiger partial charge in [0.05, 0.1) is 12.6 Å². The summed E-state index contributed by atoms with van der Waals surface area (Å²) < 4.78 is 42.6. The molecule has 1 unspecified atom stereocenters. The van der Waals surface area contributed by atoms with Crippen LogP contribution in [0, 0.1) is 0 Å². The summed E-state index contributed by atoms with van der Waals surface area (Å²) in [7, 11) is 0. The second-order valence-corrected chi connectivity index (χ2v) is 3.78. The molecule has 1 rings (SSSR count). The first-order valence-corrected chi connectivity index (χ1v) is 5.73. The van der Waals surface area contributed by atoms with Crippen LogP contribution in [0.25, 0.3) is 0 Å². The maximum atomic E-state index is 12.7. The summed E-state index contributed by atoms with van der Waals surface area (Å²) in [5, 5.41) is 0. The topological polar surface area (TPSA) is 38.7 Å². The summed E-state index contributed by atoms with van der Waals surface area (Å²) in [5.74, 6) is -1.45. The van der Waals surface area contributed by atoms with Crippen LogP contribution in [0.1, 0.15) is 25.5 Å². The van der Waals surface area contributed by atoms with Crippen molar-refractivity contribution in [2.45, 2.75) is 26.1 Å². The number of carbonyl (C=O) groups is 1. The number of alkyl halides is 3. The number of carbonyl (C=O) groups excluding carboxylic acids is 1. The van der Waals surface area contributed by atoms with Crippen molar-refractivity contribution in [1.29, 1.82) is 0 Å². The van der Waals surface area contributed by atoms with Crippen molar-refractivity contribution in [2.24, 2.45) is 4.99 Å². The van der Waals surface area contributed by atoms with E-state index >= 15 is 0 Å². The van der Waals surface area contributed by atoms with Crippen molar-refractivity contribution in [3.8, 4) is 0 Å². The van der Waals surface area contributed by atoms with E-state index in [9.17, 15) is 18.0 Å². The Bertz CT molecular complexity index is 455. The minimum absolute atomic E-state index is 0.131. The molecule has 0 spiro atoms. The Hall–Kier alpha value is -1.85. The standard InChI is InChI=1S/C13H14F3NO2/c1-3-19-12(18)11(13(14,15)16)17-9(2)10-7-5-4-6-8-10/h4-9H,3H2,1-2H3. The number of esters is 1. The first kappa shape index (κ1) is 15.2. The molecule has 0 aliphatic heterocycles. The van der Waals surface area contributed by atoms with Crippen LogP contribution in [-0.4, -0.2) is 24.5 Å². The number of hydrogen-bond donors (Lipinski definition) is 0. The van der Waals surface area contributed by atoms with Crippen molar-refractivity contribution < 1.29 is 22.7 Å². The maximum Gasteiger partial charge on any atom is 0.440 e. The van der Waals surface area contributed by atoms with Gasteiger partial charge in [0.15, 0.2) is 0 Å². The summed E-state index contributed by atoms with van der Waals surface area (Å²) in [6.45, 7) is 2.79. The van der Waals surface area contributed by atoms with Crippen molar-refractivity contribution in [3.05, 3.63) is 35.9 Å². The highest BCUT2D eigenvalue weighted by Crippen LogP contribution is 2.23. The van der Waals surface area contributed by atoms with Crippen LogP contribution in [0.3, 0.4) is 0 Å². The molecule has 0 saturated carbocycles. The van der Waals surface area contributed by atoms with Crippen molar-refractivity contribution >= 4 is 11.7 Å². The molecule has 1 atom stereocenters. The third kappa shape index (κ3) is 4.39. The lowest BCUT2D eigenvalue weighted by Crippen LogP contribution is -2.33. The van der Waals surface area contributed by atoms with E-state index in [0.29, 0.717) is 5.56 Å². The fraction of sp³-hybridized carbons (Fsp3) is 0.385. The average Bonchev–Trinajstić information content (AvgIpc) is 2.35. The zero-order chi connectivity index (χ0) is 14.5. The first-order valence-electron chi connectivity index (χ1n) is 5.73. The molecule has 6 heteroatoms. The van der Waals surface area contributed by atoms with E-state index in [0.717, 1.165) is 0 Å². The minimum Gasteiger partial charge on any atom is -0.461 e. The van der Waals surface area contributed by atoms with Crippen LogP contribution in [-0.2, 0) is 9.53 Å². The van der Waals surface area contributed by atoms with Crippen LogP contribution in [0.2, 0.25) is 0 Å². The highest BCUT2D eigenvalue weighted by atomic mass is 19.4. The van der Waals surface area contributed by atoms with Crippen LogP contribution in [0.4, 0.5) is 13.2 Å². The fourth-order valence-corrected chi connectivity index (χ4v) is 1.44. The molecule has 0 heterocycles. The predicted molar refractivity (Wildman–Crippen MR) is 65.0 cm³/mol. The quantitative estimate of drug-likeness (QED) is 0.623. The Labute approximate surface area is 109 Å². The molecule has 3 nitrogen and oxygen atoms in total. The van der Waals surface area contributed by atoms with Gasteiger partial charge in [-0.1, -0.05) is 30.3 Å². The third-order valence-corrected chi connectivity index (χ3v) is 2.34. The SMILES string of the molecule is CCOC(=O)C(=NC(C)c1ccccc1)C(F)(F)F. The van der Waals surface area contributed by atoms with E-state index in [1.54, 1.807) is 30.3 Å². The first-order chi connectivity index (χ1) is 8.86. The van der Waals surface area contributed by atoms with Crippen LogP contribution < -0.4 is 0 Å². The van der Waals surface area contributed by atoms with Crippen molar-refractivity contribution in [3.63, 3.8) is 0 Å². The van der Waals surface area contributed by atoms with Gasteiger partial charge in [-0.15, -0.1) is 0 Å². The highest BCUT2D eigenvalue weighted by molar-refractivity contribution is 6.38. The summed E-state index contributed by atoms with van der Waals surface area (Å²) in [4.78, 5) is 14.7. The molecular weight excluding hydrogens is 259 g/mol. The van der Waals surface area contributed by atoms with Gasteiger partial charge in [-0.25, -0.2) is 4.79 Å². The van der Waals surface area contributed by atoms with E-state index in [1.807, 2.05) is 0 Å². The Morgan fingerprint density at radius 2 is 1.89 bits per heavy atom. The van der Waals surface area contributed by atoms with Gasteiger partial charge >= 0.3 is 12.1 Å². The highest BCUT2D eigenvalue weighted by Gasteiger charge is 2.42. The number of halogens is 3. The Morgan fingerprint density at radius 3 is 2.37 bits per heavy atom. The van der Waals surface area contributed by atoms with E-state index in [2.05, 4.69) is 9.73 Å². The van der Waals surface area contributed by atoms with E-state index in [1.165, 1.54) is 13.8 Å². The fourth-order valence-electron chi connectivity index (χ4n) is 1.44. The second-order valence-electron chi connectivity index (χ2n) is 3.78. The largest absolute Gasteiger partial charge is 0.461 e. The van der Waals surface area contributed by atoms with Crippen LogP contribution in [0.15, 0.2) is 35.3 Å². The molecule has 19 heavy (non-hydrogen) atoms. The van der Waals surface area contributed by atoms with Gasteiger partial charge < -0.3 is 4.74 Å². The molecule has 0 fully saturated rings. The number of hydrogen-bond acceptors (Lipinski definition) is 3. The second kappa shape index (κ2) is 6.36. The normalized spacial score (nSPS) is 14.1. The number of rotatable bonds is 4. The molecule has 1 aromatic carbocycles. The maximum absolute atomic E-state index is 12.7. The van der Waals surface area contributed by atoms with Gasteiger partial charge in [-0.05, 0) is 19.4 Å². The molecule has 0 N–H and O–H groups in total. The van der Waals surface area contributed by atoms with E-state index < -0.39 is 23.9 Å². The van der Waals surface area contributed by atoms with Gasteiger partial charge in [-0.3, -0.25) is 4.99 Å². The minimum atomic E-state index is -4.82. The number of ether oxygens (including phenoxy) is 1. The summed E-state index contributed by atoms with van der Waals surface area (Å²) in [5.41, 5.74) is -0.917. The lowest BCUT2D eigenvalue weighted by Gasteiger charge is -2.13. The summed E-state index contributed by atoms with van der Waals surface area (Å²) in [6, 6.07) is 7.65. The molecule has 1 aromatic rings. The number of benzene rings is 1. The Kier molecular flexibility index (Phi) is 5.09. The lowest BCUT2D eigenvalue weighted by atomic mass is 10.1. The van der Waals surface area contributed by atoms with E-state index in [4.69, 9.17) is 0 Å². The van der Waals surface area contributed by atoms with Gasteiger partial charge in [-0.2, -0.15) is 13.2 Å². The van der Waals surface area contributed by atoms with Crippen molar-refractivity contribution in [1.82, 2.24) is 0 Å². The predicted octanol–water partition coefficient (Wildman–Crippen LogP) is 3.31. The zero-order valence-corrected chi connectivity index (χ0v) is 10.6. The monoisotopic (exact) mass is 273 g/mol. The Morgan fingerprint density at radius 1 is 1.32 bits per heavy atom. The third-order valence-electron chi connectivity index (χ3n) is 2.34. The smallest absolute Gasteiger partial charge is 0.440 e.